The Labute approximate surface area is 115 Å². The fourth-order valence-electron chi connectivity index (χ4n) is 2.25. The van der Waals surface area contributed by atoms with Gasteiger partial charge in [-0.3, -0.25) is 4.98 Å². The second kappa shape index (κ2) is 5.98. The highest BCUT2D eigenvalue weighted by atomic mass is 16.3. The lowest BCUT2D eigenvalue weighted by Gasteiger charge is -2.13. The summed E-state index contributed by atoms with van der Waals surface area (Å²) >= 11 is 0. The summed E-state index contributed by atoms with van der Waals surface area (Å²) in [5.74, 6) is 0.615. The van der Waals surface area contributed by atoms with E-state index in [1.807, 2.05) is 37.3 Å². The maximum atomic E-state index is 10.4. The Morgan fingerprint density at radius 1 is 1.11 bits per heavy atom. The van der Waals surface area contributed by atoms with Gasteiger partial charge in [-0.25, -0.2) is 0 Å². The molecule has 2 aromatic rings. The first-order chi connectivity index (χ1) is 9.06. The van der Waals surface area contributed by atoms with Crippen LogP contribution in [0.1, 0.15) is 42.5 Å². The highest BCUT2D eigenvalue weighted by Gasteiger charge is 2.12. The molecule has 0 bridgehead atoms. The first-order valence-electron chi connectivity index (χ1n) is 6.76. The van der Waals surface area contributed by atoms with E-state index in [0.29, 0.717) is 11.6 Å². The molecule has 0 saturated carbocycles. The van der Waals surface area contributed by atoms with E-state index in [4.69, 9.17) is 0 Å². The molecule has 0 amide bonds. The van der Waals surface area contributed by atoms with Crippen molar-refractivity contribution in [2.24, 2.45) is 5.92 Å². The van der Waals surface area contributed by atoms with Crippen LogP contribution in [0.5, 0.6) is 0 Å². The molecule has 100 valence electrons. The zero-order valence-electron chi connectivity index (χ0n) is 11.8. The van der Waals surface area contributed by atoms with Crippen molar-refractivity contribution in [3.05, 3.63) is 65.0 Å². The number of hydrogen-bond acceptors (Lipinski definition) is 2. The van der Waals surface area contributed by atoms with Crippen LogP contribution < -0.4 is 0 Å². The molecule has 1 aromatic carbocycles. The van der Waals surface area contributed by atoms with E-state index in [1.54, 1.807) is 0 Å². The Hall–Kier alpha value is -1.67. The fraction of sp³-hybridized carbons (Fsp3) is 0.353. The van der Waals surface area contributed by atoms with Gasteiger partial charge in [-0.05, 0) is 42.5 Å². The summed E-state index contributed by atoms with van der Waals surface area (Å²) in [6, 6.07) is 13.9. The first-order valence-corrected chi connectivity index (χ1v) is 6.76. The lowest BCUT2D eigenvalue weighted by molar-refractivity contribution is 0.215. The summed E-state index contributed by atoms with van der Waals surface area (Å²) in [4.78, 5) is 4.39. The number of aliphatic hydroxyl groups excluding tert-OH is 1. The predicted octanol–water partition coefficient (Wildman–Crippen LogP) is 3.67. The molecule has 19 heavy (non-hydrogen) atoms. The highest BCUT2D eigenvalue weighted by molar-refractivity contribution is 5.30. The van der Waals surface area contributed by atoms with Crippen LogP contribution in [0.4, 0.5) is 0 Å². The minimum Gasteiger partial charge on any atom is -0.382 e. The van der Waals surface area contributed by atoms with E-state index in [1.165, 1.54) is 5.56 Å². The van der Waals surface area contributed by atoms with Gasteiger partial charge in [-0.1, -0.05) is 44.2 Å². The SMILES string of the molecule is Cc1cccc(C(O)c2cccc(CC(C)C)c2)n1. The topological polar surface area (TPSA) is 33.1 Å². The minimum atomic E-state index is -0.646. The molecular weight excluding hydrogens is 234 g/mol. The molecule has 1 N–H and O–H groups in total. The van der Waals surface area contributed by atoms with Crippen LogP contribution in [-0.4, -0.2) is 10.1 Å². The van der Waals surface area contributed by atoms with Crippen LogP contribution in [0.15, 0.2) is 42.5 Å². The third kappa shape index (κ3) is 3.65. The van der Waals surface area contributed by atoms with Crippen molar-refractivity contribution >= 4 is 0 Å². The van der Waals surface area contributed by atoms with E-state index in [0.717, 1.165) is 17.7 Å². The third-order valence-electron chi connectivity index (χ3n) is 3.10. The van der Waals surface area contributed by atoms with E-state index in [-0.39, 0.29) is 0 Å². The average molecular weight is 255 g/mol. The maximum absolute atomic E-state index is 10.4. The lowest BCUT2D eigenvalue weighted by Crippen LogP contribution is -2.04. The normalized spacial score (nSPS) is 12.7. The number of aliphatic hydroxyl groups is 1. The van der Waals surface area contributed by atoms with Crippen molar-refractivity contribution in [2.75, 3.05) is 0 Å². The van der Waals surface area contributed by atoms with Crippen LogP contribution >= 0.6 is 0 Å². The molecule has 0 aliphatic rings. The average Bonchev–Trinajstić information content (AvgIpc) is 2.37. The first kappa shape index (κ1) is 13.8. The van der Waals surface area contributed by atoms with Gasteiger partial charge >= 0.3 is 0 Å². The van der Waals surface area contributed by atoms with E-state index in [9.17, 15) is 5.11 Å². The van der Waals surface area contributed by atoms with E-state index >= 15 is 0 Å². The van der Waals surface area contributed by atoms with Crippen LogP contribution in [0.3, 0.4) is 0 Å². The standard InChI is InChI=1S/C17H21NO/c1-12(2)10-14-7-5-8-15(11-14)17(19)16-9-4-6-13(3)18-16/h4-9,11-12,17,19H,10H2,1-3H3. The molecule has 0 fully saturated rings. The van der Waals surface area contributed by atoms with E-state index in [2.05, 4.69) is 31.0 Å². The van der Waals surface area contributed by atoms with Gasteiger partial charge in [0.15, 0.2) is 0 Å². The van der Waals surface area contributed by atoms with Crippen molar-refractivity contribution in [3.63, 3.8) is 0 Å². The predicted molar refractivity (Wildman–Crippen MR) is 78.0 cm³/mol. The molecule has 1 heterocycles. The fourth-order valence-corrected chi connectivity index (χ4v) is 2.25. The minimum absolute atomic E-state index is 0.615. The zero-order chi connectivity index (χ0) is 13.8. The van der Waals surface area contributed by atoms with Crippen LogP contribution in [0.25, 0.3) is 0 Å². The molecule has 0 radical (unpaired) electrons. The number of aryl methyl sites for hydroxylation is 1. The summed E-state index contributed by atoms with van der Waals surface area (Å²) in [5.41, 5.74) is 3.81. The number of aromatic nitrogens is 1. The monoisotopic (exact) mass is 255 g/mol. The van der Waals surface area contributed by atoms with E-state index < -0.39 is 6.10 Å². The van der Waals surface area contributed by atoms with Crippen molar-refractivity contribution in [2.45, 2.75) is 33.3 Å². The molecule has 0 aliphatic carbocycles. The molecular formula is C17H21NO. The Morgan fingerprint density at radius 2 is 1.84 bits per heavy atom. The smallest absolute Gasteiger partial charge is 0.121 e. The number of rotatable bonds is 4. The Balaban J connectivity index is 2.26. The number of nitrogens with zero attached hydrogens (tertiary/aromatic N) is 1. The molecule has 2 rings (SSSR count). The second-order valence-corrected chi connectivity index (χ2v) is 5.45. The Bertz CT molecular complexity index is 548. The van der Waals surface area contributed by atoms with Crippen molar-refractivity contribution in [1.29, 1.82) is 0 Å². The summed E-state index contributed by atoms with van der Waals surface area (Å²) in [6.07, 6.45) is 0.383. The van der Waals surface area contributed by atoms with Gasteiger partial charge in [-0.15, -0.1) is 0 Å². The number of benzene rings is 1. The van der Waals surface area contributed by atoms with Gasteiger partial charge in [0, 0.05) is 5.69 Å². The van der Waals surface area contributed by atoms with Crippen LogP contribution in [0, 0.1) is 12.8 Å². The molecule has 2 nitrogen and oxygen atoms in total. The summed E-state index contributed by atoms with van der Waals surface area (Å²) < 4.78 is 0. The van der Waals surface area contributed by atoms with Crippen molar-refractivity contribution < 1.29 is 5.11 Å². The molecule has 0 saturated heterocycles. The van der Waals surface area contributed by atoms with Gasteiger partial charge in [-0.2, -0.15) is 0 Å². The molecule has 1 atom stereocenters. The molecule has 1 aromatic heterocycles. The molecule has 2 heteroatoms. The van der Waals surface area contributed by atoms with Gasteiger partial charge in [0.1, 0.15) is 6.10 Å². The molecule has 0 aliphatic heterocycles. The summed E-state index contributed by atoms with van der Waals surface area (Å²) in [7, 11) is 0. The van der Waals surface area contributed by atoms with Crippen LogP contribution in [-0.2, 0) is 6.42 Å². The van der Waals surface area contributed by atoms with Crippen molar-refractivity contribution in [1.82, 2.24) is 4.98 Å². The quantitative estimate of drug-likeness (QED) is 0.904. The largest absolute Gasteiger partial charge is 0.382 e. The van der Waals surface area contributed by atoms with Gasteiger partial charge in [0.25, 0.3) is 0 Å². The van der Waals surface area contributed by atoms with Crippen molar-refractivity contribution in [3.8, 4) is 0 Å². The molecule has 0 spiro atoms. The number of pyridine rings is 1. The maximum Gasteiger partial charge on any atom is 0.121 e. The second-order valence-electron chi connectivity index (χ2n) is 5.45. The zero-order valence-corrected chi connectivity index (χ0v) is 11.8. The Kier molecular flexibility index (Phi) is 4.33. The lowest BCUT2D eigenvalue weighted by atomic mass is 9.98. The summed E-state index contributed by atoms with van der Waals surface area (Å²) in [6.45, 7) is 6.34. The Morgan fingerprint density at radius 3 is 2.53 bits per heavy atom. The van der Waals surface area contributed by atoms with Gasteiger partial charge in [0.2, 0.25) is 0 Å². The van der Waals surface area contributed by atoms with Gasteiger partial charge < -0.3 is 5.11 Å². The number of hydrogen-bond donors (Lipinski definition) is 1. The molecule has 1 unspecified atom stereocenters. The van der Waals surface area contributed by atoms with Gasteiger partial charge in [0.05, 0.1) is 5.69 Å². The highest BCUT2D eigenvalue weighted by Crippen LogP contribution is 2.22. The third-order valence-corrected chi connectivity index (χ3v) is 3.10. The summed E-state index contributed by atoms with van der Waals surface area (Å²) in [5, 5.41) is 10.4. The van der Waals surface area contributed by atoms with Crippen LogP contribution in [0.2, 0.25) is 0 Å².